The third-order valence-electron chi connectivity index (χ3n) is 8.41. The van der Waals surface area contributed by atoms with Gasteiger partial charge in [-0.05, 0) is 59.7 Å². The second-order valence-electron chi connectivity index (χ2n) is 11.7. The fraction of sp³-hybridized carbons (Fsp3) is 0.278. The first-order valence-corrected chi connectivity index (χ1v) is 15.6. The van der Waals surface area contributed by atoms with Crippen molar-refractivity contribution in [2.75, 3.05) is 0 Å². The lowest BCUT2D eigenvalue weighted by atomic mass is 9.64. The van der Waals surface area contributed by atoms with E-state index in [9.17, 15) is 10.5 Å². The first-order chi connectivity index (χ1) is 21.3. The van der Waals surface area contributed by atoms with Crippen molar-refractivity contribution in [2.45, 2.75) is 51.1 Å². The predicted molar refractivity (Wildman–Crippen MR) is 181 cm³/mol. The molecule has 0 saturated carbocycles. The van der Waals surface area contributed by atoms with E-state index in [0.29, 0.717) is 22.6 Å². The van der Waals surface area contributed by atoms with Crippen molar-refractivity contribution >= 4 is 46.4 Å². The van der Waals surface area contributed by atoms with Gasteiger partial charge in [-0.1, -0.05) is 135 Å². The molecule has 0 spiro atoms. The number of ether oxygens (including phenoxy) is 3. The molecule has 232 valence electrons. The topological polar surface area (TPSA) is 75.3 Å². The molecule has 2 aliphatic carbocycles. The van der Waals surface area contributed by atoms with Gasteiger partial charge in [0.25, 0.3) is 0 Å². The molecule has 2 aromatic carbocycles. The Kier molecular flexibility index (Phi) is 10.7. The number of hydrogen-bond acceptors (Lipinski definition) is 5. The van der Waals surface area contributed by atoms with Gasteiger partial charge in [0.05, 0.1) is 12.1 Å². The highest BCUT2D eigenvalue weighted by molar-refractivity contribution is 6.56. The van der Waals surface area contributed by atoms with E-state index in [1.807, 2.05) is 101 Å². The Labute approximate surface area is 284 Å². The van der Waals surface area contributed by atoms with Crippen molar-refractivity contribution in [3.05, 3.63) is 129 Å². The summed E-state index contributed by atoms with van der Waals surface area (Å²) in [6, 6.07) is 23.0. The summed E-state index contributed by atoms with van der Waals surface area (Å²) in [7, 11) is 0. The van der Waals surface area contributed by atoms with Gasteiger partial charge in [-0.25, -0.2) is 0 Å². The van der Waals surface area contributed by atoms with Crippen molar-refractivity contribution < 1.29 is 14.2 Å². The van der Waals surface area contributed by atoms with E-state index < -0.39 is 34.2 Å². The van der Waals surface area contributed by atoms with E-state index in [1.54, 1.807) is 36.5 Å². The van der Waals surface area contributed by atoms with Gasteiger partial charge in [-0.2, -0.15) is 10.5 Å². The predicted octanol–water partition coefficient (Wildman–Crippen LogP) is 10.1. The van der Waals surface area contributed by atoms with E-state index in [2.05, 4.69) is 12.1 Å². The van der Waals surface area contributed by atoms with Crippen molar-refractivity contribution in [3.63, 3.8) is 0 Å². The fourth-order valence-electron chi connectivity index (χ4n) is 5.72. The monoisotopic (exact) mass is 680 g/mol. The summed E-state index contributed by atoms with van der Waals surface area (Å²) in [4.78, 5) is 0. The van der Waals surface area contributed by atoms with Crippen LogP contribution in [-0.2, 0) is 4.74 Å². The maximum Gasteiger partial charge on any atom is 0.168 e. The molecule has 0 fully saturated rings. The van der Waals surface area contributed by atoms with Crippen LogP contribution in [0.4, 0.5) is 0 Å². The summed E-state index contributed by atoms with van der Waals surface area (Å²) in [6.45, 7) is 7.64. The standard InChI is InChI=1S/C36H32Cl4N2O3/c1-33(2)27(17-11-19-35(33,21-31(37)38)44-25-13-7-5-8-14-25)29(23-41)43-30(24-42)28-18-12-20-36(22-32(39)40,34(28,3)4)45-26-15-9-6-10-16-26/h5-22,29-30H,1-4H3. The summed E-state index contributed by atoms with van der Waals surface area (Å²) in [5, 5.41) is 21.0. The molecule has 0 aromatic heterocycles. The van der Waals surface area contributed by atoms with Gasteiger partial charge in [0.1, 0.15) is 20.5 Å². The molecular formula is C36H32Cl4N2O3. The lowest BCUT2D eigenvalue weighted by Gasteiger charge is -2.48. The molecule has 0 aliphatic heterocycles. The molecule has 2 aliphatic rings. The van der Waals surface area contributed by atoms with E-state index >= 15 is 0 Å². The van der Waals surface area contributed by atoms with Gasteiger partial charge in [-0.15, -0.1) is 0 Å². The van der Waals surface area contributed by atoms with E-state index in [1.165, 1.54) is 0 Å². The summed E-state index contributed by atoms with van der Waals surface area (Å²) in [6.07, 6.45) is 11.7. The van der Waals surface area contributed by atoms with E-state index in [4.69, 9.17) is 60.6 Å². The molecule has 0 N–H and O–H groups in total. The number of nitriles is 2. The zero-order valence-electron chi connectivity index (χ0n) is 25.2. The average Bonchev–Trinajstić information content (AvgIpc) is 2.98. The van der Waals surface area contributed by atoms with Gasteiger partial charge in [0.15, 0.2) is 23.4 Å². The number of para-hydroxylation sites is 2. The third-order valence-corrected chi connectivity index (χ3v) is 8.85. The minimum Gasteiger partial charge on any atom is -0.478 e. The summed E-state index contributed by atoms with van der Waals surface area (Å²) in [5.41, 5.74) is -3.09. The number of rotatable bonds is 10. The molecule has 45 heavy (non-hydrogen) atoms. The molecule has 4 unspecified atom stereocenters. The van der Waals surface area contributed by atoms with Crippen molar-refractivity contribution in [1.82, 2.24) is 0 Å². The second-order valence-corrected chi connectivity index (χ2v) is 13.7. The number of halogens is 4. The molecule has 4 rings (SSSR count). The van der Waals surface area contributed by atoms with Crippen LogP contribution in [0.25, 0.3) is 0 Å². The Balaban J connectivity index is 1.72. The lowest BCUT2D eigenvalue weighted by molar-refractivity contribution is 0.00890. The normalized spacial score (nSPS) is 24.0. The van der Waals surface area contributed by atoms with Crippen LogP contribution < -0.4 is 9.47 Å². The van der Waals surface area contributed by atoms with Gasteiger partial charge in [0.2, 0.25) is 0 Å². The summed E-state index contributed by atoms with van der Waals surface area (Å²) < 4.78 is 19.4. The Morgan fingerprint density at radius 2 is 1.00 bits per heavy atom. The smallest absolute Gasteiger partial charge is 0.168 e. The van der Waals surface area contributed by atoms with Crippen molar-refractivity contribution in [3.8, 4) is 23.6 Å². The molecule has 0 saturated heterocycles. The van der Waals surface area contributed by atoms with Crippen LogP contribution in [0.3, 0.4) is 0 Å². The Hall–Kier alpha value is -3.42. The molecule has 0 heterocycles. The number of benzene rings is 2. The van der Waals surface area contributed by atoms with E-state index in [-0.39, 0.29) is 8.98 Å². The van der Waals surface area contributed by atoms with Crippen LogP contribution in [-0.4, -0.2) is 23.4 Å². The number of nitrogens with zero attached hydrogens (tertiary/aromatic N) is 2. The maximum absolute atomic E-state index is 10.5. The second kappa shape index (κ2) is 13.9. The van der Waals surface area contributed by atoms with Crippen molar-refractivity contribution in [2.24, 2.45) is 10.8 Å². The van der Waals surface area contributed by atoms with Gasteiger partial charge in [0, 0.05) is 10.8 Å². The highest BCUT2D eigenvalue weighted by atomic mass is 35.5. The Bertz CT molecular complexity index is 1530. The summed E-state index contributed by atoms with van der Waals surface area (Å²) >= 11 is 24.9. The molecule has 0 bridgehead atoms. The zero-order valence-corrected chi connectivity index (χ0v) is 28.2. The van der Waals surface area contributed by atoms with Gasteiger partial charge < -0.3 is 14.2 Å². The number of hydrogen-bond donors (Lipinski definition) is 0. The van der Waals surface area contributed by atoms with Crippen LogP contribution in [0.1, 0.15) is 27.7 Å². The first kappa shape index (κ1) is 34.5. The molecule has 4 atom stereocenters. The molecule has 0 radical (unpaired) electrons. The first-order valence-electron chi connectivity index (χ1n) is 14.1. The lowest BCUT2D eigenvalue weighted by Crippen LogP contribution is -2.53. The number of allylic oxidation sites excluding steroid dienone is 4. The highest BCUT2D eigenvalue weighted by Gasteiger charge is 2.53. The average molecular weight is 682 g/mol. The van der Waals surface area contributed by atoms with Crippen molar-refractivity contribution in [1.29, 1.82) is 10.5 Å². The highest BCUT2D eigenvalue weighted by Crippen LogP contribution is 2.51. The fourth-order valence-corrected chi connectivity index (χ4v) is 6.37. The van der Waals surface area contributed by atoms with Crippen LogP contribution in [0.5, 0.6) is 11.5 Å². The Morgan fingerprint density at radius 1 is 0.644 bits per heavy atom. The SMILES string of the molecule is CC1(C)C(C(C#N)OC(C#N)C2=CC=CC(C=C(Cl)Cl)(Oc3ccccc3)C2(C)C)=CC=CC1(C=C(Cl)Cl)Oc1ccccc1. The van der Waals surface area contributed by atoms with Gasteiger partial charge in [-0.3, -0.25) is 0 Å². The third kappa shape index (κ3) is 7.05. The zero-order chi connectivity index (χ0) is 32.9. The van der Waals surface area contributed by atoms with Crippen LogP contribution in [0, 0.1) is 33.5 Å². The Morgan fingerprint density at radius 3 is 1.31 bits per heavy atom. The minimum absolute atomic E-state index is 0.00380. The summed E-state index contributed by atoms with van der Waals surface area (Å²) in [5.74, 6) is 1.15. The minimum atomic E-state index is -1.19. The van der Waals surface area contributed by atoms with Crippen LogP contribution in [0.15, 0.2) is 129 Å². The van der Waals surface area contributed by atoms with Crippen LogP contribution >= 0.6 is 46.4 Å². The largest absolute Gasteiger partial charge is 0.478 e. The van der Waals surface area contributed by atoms with E-state index in [0.717, 1.165) is 0 Å². The maximum atomic E-state index is 10.5. The molecule has 0 amide bonds. The van der Waals surface area contributed by atoms with Gasteiger partial charge >= 0.3 is 0 Å². The van der Waals surface area contributed by atoms with Crippen LogP contribution in [0.2, 0.25) is 0 Å². The quantitative estimate of drug-likeness (QED) is 0.249. The molecular weight excluding hydrogens is 650 g/mol. The molecule has 5 nitrogen and oxygen atoms in total. The molecule has 2 aromatic rings. The molecule has 9 heteroatoms.